The van der Waals surface area contributed by atoms with E-state index in [-0.39, 0.29) is 6.04 Å². The highest BCUT2D eigenvalue weighted by molar-refractivity contribution is 5.86. The number of carbonyl (C=O) groups excluding carboxylic acids is 1. The Labute approximate surface area is 55.6 Å². The average Bonchev–Trinajstić information content (AvgIpc) is 2.13. The molecule has 0 aromatic carbocycles. The van der Waals surface area contributed by atoms with Crippen LogP contribution in [-0.2, 0) is 4.79 Å². The molecular formula is C7H13NO. The second-order valence-corrected chi connectivity index (χ2v) is 2.89. The second kappa shape index (κ2) is 2.48. The zero-order chi connectivity index (χ0) is 6.85. The molecule has 2 heteroatoms. The summed E-state index contributed by atoms with van der Waals surface area (Å²) in [4.78, 5) is 11.0. The van der Waals surface area contributed by atoms with Gasteiger partial charge in [0.2, 0.25) is 0 Å². The van der Waals surface area contributed by atoms with Crippen molar-refractivity contribution in [3.63, 3.8) is 0 Å². The molecule has 1 aliphatic heterocycles. The second-order valence-electron chi connectivity index (χ2n) is 2.89. The van der Waals surface area contributed by atoms with Crippen molar-refractivity contribution < 1.29 is 4.79 Å². The van der Waals surface area contributed by atoms with Crippen molar-refractivity contribution in [2.24, 2.45) is 5.92 Å². The van der Waals surface area contributed by atoms with E-state index in [9.17, 15) is 4.79 Å². The van der Waals surface area contributed by atoms with E-state index in [1.807, 2.05) is 0 Å². The number of ketones is 1. The predicted molar refractivity (Wildman–Crippen MR) is 36.3 cm³/mol. The van der Waals surface area contributed by atoms with Gasteiger partial charge in [0.05, 0.1) is 6.04 Å². The van der Waals surface area contributed by atoms with Gasteiger partial charge in [-0.25, -0.2) is 0 Å². The maximum absolute atomic E-state index is 11.0. The maximum Gasteiger partial charge on any atom is 0.151 e. The molecule has 0 bridgehead atoms. The van der Waals surface area contributed by atoms with Gasteiger partial charge in [0.1, 0.15) is 0 Å². The van der Waals surface area contributed by atoms with E-state index in [0.29, 0.717) is 11.7 Å². The minimum absolute atomic E-state index is 0.144. The lowest BCUT2D eigenvalue weighted by Gasteiger charge is -2.11. The normalized spacial score (nSPS) is 27.9. The predicted octanol–water partition coefficient (Wildman–Crippen LogP) is 0.573. The fourth-order valence-electron chi connectivity index (χ4n) is 1.23. The lowest BCUT2D eigenvalue weighted by Crippen LogP contribution is -2.32. The topological polar surface area (TPSA) is 29.1 Å². The minimum Gasteiger partial charge on any atom is -0.307 e. The minimum atomic E-state index is 0.144. The Morgan fingerprint density at radius 1 is 1.67 bits per heavy atom. The van der Waals surface area contributed by atoms with Gasteiger partial charge in [-0.15, -0.1) is 0 Å². The van der Waals surface area contributed by atoms with E-state index in [1.165, 1.54) is 0 Å². The van der Waals surface area contributed by atoms with Crippen LogP contribution in [0.4, 0.5) is 0 Å². The van der Waals surface area contributed by atoms with Crippen LogP contribution in [0.15, 0.2) is 0 Å². The SMILES string of the molecule is CC(C)[C@H]1NCCC1=O. The van der Waals surface area contributed by atoms with E-state index in [0.717, 1.165) is 13.0 Å². The summed E-state index contributed by atoms with van der Waals surface area (Å²) in [5.74, 6) is 0.838. The van der Waals surface area contributed by atoms with Crippen LogP contribution in [0.5, 0.6) is 0 Å². The molecule has 1 heterocycles. The Balaban J connectivity index is 2.49. The molecule has 0 radical (unpaired) electrons. The van der Waals surface area contributed by atoms with Gasteiger partial charge in [-0.2, -0.15) is 0 Å². The molecule has 0 amide bonds. The Kier molecular flexibility index (Phi) is 1.86. The molecule has 1 N–H and O–H groups in total. The van der Waals surface area contributed by atoms with Crippen molar-refractivity contribution in [2.75, 3.05) is 6.54 Å². The van der Waals surface area contributed by atoms with Gasteiger partial charge in [-0.3, -0.25) is 4.79 Å². The highest BCUT2D eigenvalue weighted by Crippen LogP contribution is 2.09. The molecule has 0 aliphatic carbocycles. The molecule has 0 aromatic heterocycles. The van der Waals surface area contributed by atoms with Crippen molar-refractivity contribution in [2.45, 2.75) is 26.3 Å². The molecule has 0 unspecified atom stereocenters. The molecule has 1 aliphatic rings. The zero-order valence-electron chi connectivity index (χ0n) is 5.98. The molecule has 0 spiro atoms. The van der Waals surface area contributed by atoms with Gasteiger partial charge in [0, 0.05) is 13.0 Å². The summed E-state index contributed by atoms with van der Waals surface area (Å²) in [5.41, 5.74) is 0. The monoisotopic (exact) mass is 127 g/mol. The van der Waals surface area contributed by atoms with E-state index in [4.69, 9.17) is 0 Å². The maximum atomic E-state index is 11.0. The largest absolute Gasteiger partial charge is 0.307 e. The summed E-state index contributed by atoms with van der Waals surface area (Å²) in [5, 5.41) is 3.16. The third-order valence-corrected chi connectivity index (χ3v) is 1.75. The first-order valence-corrected chi connectivity index (χ1v) is 3.48. The number of hydrogen-bond donors (Lipinski definition) is 1. The van der Waals surface area contributed by atoms with Crippen LogP contribution >= 0.6 is 0 Å². The molecule has 1 atom stereocenters. The quantitative estimate of drug-likeness (QED) is 0.558. The van der Waals surface area contributed by atoms with Crippen LogP contribution in [0.2, 0.25) is 0 Å². The molecular weight excluding hydrogens is 114 g/mol. The highest BCUT2D eigenvalue weighted by atomic mass is 16.1. The summed E-state index contributed by atoms with van der Waals surface area (Å²) < 4.78 is 0. The molecule has 9 heavy (non-hydrogen) atoms. The van der Waals surface area contributed by atoms with Crippen molar-refractivity contribution in [1.82, 2.24) is 5.32 Å². The Morgan fingerprint density at radius 3 is 2.56 bits per heavy atom. The van der Waals surface area contributed by atoms with Crippen molar-refractivity contribution in [1.29, 1.82) is 0 Å². The summed E-state index contributed by atoms with van der Waals surface area (Å²) >= 11 is 0. The Bertz CT molecular complexity index is 120. The summed E-state index contributed by atoms with van der Waals surface area (Å²) in [6, 6.07) is 0.144. The van der Waals surface area contributed by atoms with Crippen LogP contribution in [0.3, 0.4) is 0 Å². The highest BCUT2D eigenvalue weighted by Gasteiger charge is 2.25. The lowest BCUT2D eigenvalue weighted by molar-refractivity contribution is -0.119. The van der Waals surface area contributed by atoms with Crippen LogP contribution < -0.4 is 5.32 Å². The van der Waals surface area contributed by atoms with Crippen LogP contribution in [0, 0.1) is 5.92 Å². The summed E-state index contributed by atoms with van der Waals surface area (Å²) in [7, 11) is 0. The number of rotatable bonds is 1. The van der Waals surface area contributed by atoms with Crippen molar-refractivity contribution in [3.05, 3.63) is 0 Å². The van der Waals surface area contributed by atoms with Gasteiger partial charge in [0.15, 0.2) is 5.78 Å². The average molecular weight is 127 g/mol. The van der Waals surface area contributed by atoms with E-state index in [2.05, 4.69) is 19.2 Å². The summed E-state index contributed by atoms with van der Waals surface area (Å²) in [6.45, 7) is 5.02. The van der Waals surface area contributed by atoms with Crippen LogP contribution in [-0.4, -0.2) is 18.4 Å². The number of carbonyl (C=O) groups is 1. The van der Waals surface area contributed by atoms with Gasteiger partial charge in [-0.1, -0.05) is 13.8 Å². The zero-order valence-corrected chi connectivity index (χ0v) is 5.98. The Morgan fingerprint density at radius 2 is 2.33 bits per heavy atom. The molecule has 1 fully saturated rings. The van der Waals surface area contributed by atoms with Crippen molar-refractivity contribution >= 4 is 5.78 Å². The van der Waals surface area contributed by atoms with Gasteiger partial charge >= 0.3 is 0 Å². The third kappa shape index (κ3) is 1.30. The third-order valence-electron chi connectivity index (χ3n) is 1.75. The first-order chi connectivity index (χ1) is 4.22. The molecule has 2 nitrogen and oxygen atoms in total. The molecule has 1 saturated heterocycles. The standard InChI is InChI=1S/C7H13NO/c1-5(2)7-6(9)3-4-8-7/h5,7-8H,3-4H2,1-2H3/t7-/m1/s1. The van der Waals surface area contributed by atoms with Gasteiger partial charge < -0.3 is 5.32 Å². The summed E-state index contributed by atoms with van der Waals surface area (Å²) in [6.07, 6.45) is 0.725. The van der Waals surface area contributed by atoms with E-state index >= 15 is 0 Å². The molecule has 0 saturated carbocycles. The Hall–Kier alpha value is -0.370. The smallest absolute Gasteiger partial charge is 0.151 e. The van der Waals surface area contributed by atoms with E-state index in [1.54, 1.807) is 0 Å². The van der Waals surface area contributed by atoms with Gasteiger partial charge in [0.25, 0.3) is 0 Å². The van der Waals surface area contributed by atoms with Gasteiger partial charge in [-0.05, 0) is 5.92 Å². The van der Waals surface area contributed by atoms with Crippen molar-refractivity contribution in [3.8, 4) is 0 Å². The molecule has 52 valence electrons. The lowest BCUT2D eigenvalue weighted by atomic mass is 10.0. The number of hydrogen-bond acceptors (Lipinski definition) is 2. The first kappa shape index (κ1) is 6.75. The first-order valence-electron chi connectivity index (χ1n) is 3.48. The fourth-order valence-corrected chi connectivity index (χ4v) is 1.23. The van der Waals surface area contributed by atoms with Crippen LogP contribution in [0.25, 0.3) is 0 Å². The fraction of sp³-hybridized carbons (Fsp3) is 0.857. The number of nitrogens with one attached hydrogen (secondary N) is 1. The number of Topliss-reactive ketones (excluding diaryl/α,β-unsaturated/α-hetero) is 1. The molecule has 0 aromatic rings. The van der Waals surface area contributed by atoms with E-state index < -0.39 is 0 Å². The molecule has 1 rings (SSSR count). The van der Waals surface area contributed by atoms with Crippen LogP contribution in [0.1, 0.15) is 20.3 Å².